The molecule has 0 aliphatic carbocycles. The van der Waals surface area contributed by atoms with Gasteiger partial charge in [-0.3, -0.25) is 4.79 Å². The summed E-state index contributed by atoms with van der Waals surface area (Å²) < 4.78 is 1.54. The maximum Gasteiger partial charge on any atom is 0.228 e. The summed E-state index contributed by atoms with van der Waals surface area (Å²) in [5, 5.41) is 23.4. The van der Waals surface area contributed by atoms with Gasteiger partial charge in [-0.25, -0.2) is 4.68 Å². The van der Waals surface area contributed by atoms with Crippen molar-refractivity contribution in [2.24, 2.45) is 0 Å². The van der Waals surface area contributed by atoms with E-state index in [0.29, 0.717) is 5.69 Å². The van der Waals surface area contributed by atoms with E-state index in [1.807, 2.05) is 31.2 Å². The molecule has 0 saturated heterocycles. The molecular weight excluding hydrogens is 294 g/mol. The highest BCUT2D eigenvalue weighted by molar-refractivity contribution is 5.93. The Morgan fingerprint density at radius 3 is 2.70 bits per heavy atom. The summed E-state index contributed by atoms with van der Waals surface area (Å²) in [4.78, 5) is 12.1. The number of anilines is 1. The molecule has 2 aromatic carbocycles. The van der Waals surface area contributed by atoms with Crippen LogP contribution in [0.4, 0.5) is 5.69 Å². The largest absolute Gasteiger partial charge is 0.506 e. The predicted molar refractivity (Wildman–Crippen MR) is 84.3 cm³/mol. The van der Waals surface area contributed by atoms with Crippen LogP contribution in [0.3, 0.4) is 0 Å². The van der Waals surface area contributed by atoms with Crippen LogP contribution in [0, 0.1) is 6.92 Å². The van der Waals surface area contributed by atoms with Gasteiger partial charge in [0.15, 0.2) is 0 Å². The first-order chi connectivity index (χ1) is 11.1. The Labute approximate surface area is 132 Å². The molecule has 116 valence electrons. The summed E-state index contributed by atoms with van der Waals surface area (Å²) >= 11 is 0. The van der Waals surface area contributed by atoms with Crippen LogP contribution in [0.2, 0.25) is 0 Å². The molecule has 0 unspecified atom stereocenters. The van der Waals surface area contributed by atoms with E-state index in [0.717, 1.165) is 16.8 Å². The topological polar surface area (TPSA) is 92.9 Å². The summed E-state index contributed by atoms with van der Waals surface area (Å²) in [6.07, 6.45) is 1.71. The Morgan fingerprint density at radius 1 is 1.22 bits per heavy atom. The van der Waals surface area contributed by atoms with Crippen molar-refractivity contribution < 1.29 is 9.90 Å². The zero-order chi connectivity index (χ0) is 16.2. The minimum atomic E-state index is -0.193. The van der Waals surface area contributed by atoms with E-state index in [2.05, 4.69) is 20.8 Å². The van der Waals surface area contributed by atoms with Crippen molar-refractivity contribution in [1.29, 1.82) is 0 Å². The van der Waals surface area contributed by atoms with Crippen molar-refractivity contribution in [3.63, 3.8) is 0 Å². The van der Waals surface area contributed by atoms with Gasteiger partial charge >= 0.3 is 0 Å². The summed E-state index contributed by atoms with van der Waals surface area (Å²) in [6.45, 7) is 1.90. The Bertz CT molecular complexity index is 813. The molecular formula is C16H15N5O2. The lowest BCUT2D eigenvalue weighted by atomic mass is 10.1. The first-order valence-corrected chi connectivity index (χ1v) is 7.03. The van der Waals surface area contributed by atoms with Gasteiger partial charge in [-0.1, -0.05) is 18.2 Å². The van der Waals surface area contributed by atoms with Crippen LogP contribution in [0.25, 0.3) is 5.69 Å². The summed E-state index contributed by atoms with van der Waals surface area (Å²) in [5.41, 5.74) is 3.05. The molecule has 0 atom stereocenters. The van der Waals surface area contributed by atoms with Crippen molar-refractivity contribution in [1.82, 2.24) is 20.2 Å². The van der Waals surface area contributed by atoms with E-state index in [9.17, 15) is 9.90 Å². The first kappa shape index (κ1) is 14.7. The zero-order valence-corrected chi connectivity index (χ0v) is 12.5. The van der Waals surface area contributed by atoms with Gasteiger partial charge in [-0.2, -0.15) is 0 Å². The van der Waals surface area contributed by atoms with E-state index in [4.69, 9.17) is 0 Å². The van der Waals surface area contributed by atoms with Crippen molar-refractivity contribution in [2.45, 2.75) is 13.3 Å². The number of nitrogens with zero attached hydrogens (tertiary/aromatic N) is 4. The molecule has 0 aliphatic rings. The molecule has 7 heteroatoms. The van der Waals surface area contributed by atoms with E-state index in [1.54, 1.807) is 18.2 Å². The standard InChI is InChI=1S/C16H15N5O2/c1-11-2-7-15(22)14(8-11)18-16(23)9-12-3-5-13(6-4-12)21-10-17-19-20-21/h2-8,10,22H,9H2,1H3,(H,18,23). The second-order valence-corrected chi connectivity index (χ2v) is 5.17. The normalized spacial score (nSPS) is 10.5. The molecule has 1 aromatic heterocycles. The highest BCUT2D eigenvalue weighted by atomic mass is 16.3. The molecule has 0 aliphatic heterocycles. The van der Waals surface area contributed by atoms with Crippen molar-refractivity contribution >= 4 is 11.6 Å². The SMILES string of the molecule is Cc1ccc(O)c(NC(=O)Cc2ccc(-n3cnnn3)cc2)c1. The maximum atomic E-state index is 12.1. The minimum absolute atomic E-state index is 0.0537. The number of phenols is 1. The molecule has 2 N–H and O–H groups in total. The molecule has 23 heavy (non-hydrogen) atoms. The number of hydrogen-bond acceptors (Lipinski definition) is 5. The number of aryl methyl sites for hydroxylation is 1. The number of phenolic OH excluding ortho intramolecular Hbond substituents is 1. The third kappa shape index (κ3) is 3.52. The van der Waals surface area contributed by atoms with Crippen LogP contribution >= 0.6 is 0 Å². The Hall–Kier alpha value is -3.22. The lowest BCUT2D eigenvalue weighted by Gasteiger charge is -2.08. The van der Waals surface area contributed by atoms with Crippen LogP contribution in [0.15, 0.2) is 48.8 Å². The quantitative estimate of drug-likeness (QED) is 0.718. The molecule has 0 fully saturated rings. The molecule has 3 rings (SSSR count). The van der Waals surface area contributed by atoms with Gasteiger partial charge in [0.1, 0.15) is 12.1 Å². The van der Waals surface area contributed by atoms with Crippen LogP contribution in [0.5, 0.6) is 5.75 Å². The van der Waals surface area contributed by atoms with Crippen molar-refractivity contribution in [3.05, 3.63) is 59.9 Å². The fraction of sp³-hybridized carbons (Fsp3) is 0.125. The minimum Gasteiger partial charge on any atom is -0.506 e. The van der Waals surface area contributed by atoms with Gasteiger partial charge in [0.25, 0.3) is 0 Å². The number of carbonyl (C=O) groups excluding carboxylic acids is 1. The number of carbonyl (C=O) groups is 1. The number of benzene rings is 2. The Balaban J connectivity index is 1.67. The number of rotatable bonds is 4. The average Bonchev–Trinajstić information content (AvgIpc) is 3.06. The molecule has 1 amide bonds. The van der Waals surface area contributed by atoms with Gasteiger partial charge in [0.05, 0.1) is 17.8 Å². The summed E-state index contributed by atoms with van der Waals surface area (Å²) in [7, 11) is 0. The number of aromatic nitrogens is 4. The average molecular weight is 309 g/mol. The fourth-order valence-electron chi connectivity index (χ4n) is 2.18. The van der Waals surface area contributed by atoms with Crippen LogP contribution in [0.1, 0.15) is 11.1 Å². The lowest BCUT2D eigenvalue weighted by Crippen LogP contribution is -2.14. The van der Waals surface area contributed by atoms with Gasteiger partial charge in [-0.15, -0.1) is 5.10 Å². The van der Waals surface area contributed by atoms with Gasteiger partial charge in [0.2, 0.25) is 5.91 Å². The molecule has 0 bridgehead atoms. The van der Waals surface area contributed by atoms with E-state index < -0.39 is 0 Å². The Kier molecular flexibility index (Phi) is 4.01. The van der Waals surface area contributed by atoms with E-state index >= 15 is 0 Å². The highest BCUT2D eigenvalue weighted by Crippen LogP contribution is 2.24. The molecule has 3 aromatic rings. The predicted octanol–water partition coefficient (Wildman–Crippen LogP) is 1.86. The van der Waals surface area contributed by atoms with Crippen LogP contribution < -0.4 is 5.32 Å². The third-order valence-electron chi connectivity index (χ3n) is 3.34. The summed E-state index contributed by atoms with van der Waals surface area (Å²) in [6, 6.07) is 12.4. The van der Waals surface area contributed by atoms with Gasteiger partial charge in [0, 0.05) is 0 Å². The molecule has 0 radical (unpaired) electrons. The zero-order valence-electron chi connectivity index (χ0n) is 12.5. The monoisotopic (exact) mass is 309 g/mol. The summed E-state index contributed by atoms with van der Waals surface area (Å²) in [5.74, 6) is -0.140. The number of aromatic hydroxyl groups is 1. The maximum absolute atomic E-state index is 12.1. The van der Waals surface area contributed by atoms with Gasteiger partial charge in [-0.05, 0) is 52.7 Å². The number of amides is 1. The van der Waals surface area contributed by atoms with E-state index in [-0.39, 0.29) is 18.1 Å². The van der Waals surface area contributed by atoms with Crippen LogP contribution in [-0.4, -0.2) is 31.2 Å². The van der Waals surface area contributed by atoms with Crippen molar-refractivity contribution in [2.75, 3.05) is 5.32 Å². The number of nitrogens with one attached hydrogen (secondary N) is 1. The Morgan fingerprint density at radius 2 is 2.00 bits per heavy atom. The fourth-order valence-corrected chi connectivity index (χ4v) is 2.18. The third-order valence-corrected chi connectivity index (χ3v) is 3.34. The molecule has 0 saturated carbocycles. The molecule has 1 heterocycles. The number of tetrazole rings is 1. The van der Waals surface area contributed by atoms with Crippen molar-refractivity contribution in [3.8, 4) is 11.4 Å². The van der Waals surface area contributed by atoms with Gasteiger partial charge < -0.3 is 10.4 Å². The molecule has 0 spiro atoms. The molecule has 7 nitrogen and oxygen atoms in total. The smallest absolute Gasteiger partial charge is 0.228 e. The lowest BCUT2D eigenvalue weighted by molar-refractivity contribution is -0.115. The van der Waals surface area contributed by atoms with Crippen LogP contribution in [-0.2, 0) is 11.2 Å². The number of hydrogen-bond donors (Lipinski definition) is 2. The first-order valence-electron chi connectivity index (χ1n) is 7.03. The second-order valence-electron chi connectivity index (χ2n) is 5.17. The second kappa shape index (κ2) is 6.27. The van der Waals surface area contributed by atoms with E-state index in [1.165, 1.54) is 11.0 Å². The highest BCUT2D eigenvalue weighted by Gasteiger charge is 2.08.